The van der Waals surface area contributed by atoms with E-state index in [1.54, 1.807) is 6.07 Å². The smallest absolute Gasteiger partial charge is 0.315 e. The fourth-order valence-corrected chi connectivity index (χ4v) is 2.99. The predicted molar refractivity (Wildman–Crippen MR) is 84.9 cm³/mol. The molecule has 2 heterocycles. The maximum atomic E-state index is 13.6. The van der Waals surface area contributed by atoms with E-state index in [1.165, 1.54) is 12.1 Å². The summed E-state index contributed by atoms with van der Waals surface area (Å²) in [5.74, 6) is -0.549. The number of carbonyl (C=O) groups excluding carboxylic acids is 2. The lowest BCUT2D eigenvalue weighted by Crippen LogP contribution is -2.48. The molecule has 7 nitrogen and oxygen atoms in total. The molecule has 130 valence electrons. The van der Waals surface area contributed by atoms with Crippen LogP contribution in [0, 0.1) is 5.82 Å². The SMILES string of the molecule is O=C1NC[C@H](C(=O)NC[C@H](c2cccc(F)c2)N2CCOCC2)N1. The van der Waals surface area contributed by atoms with Crippen LogP contribution in [0.1, 0.15) is 11.6 Å². The van der Waals surface area contributed by atoms with Crippen molar-refractivity contribution in [3.63, 3.8) is 0 Å². The summed E-state index contributed by atoms with van der Waals surface area (Å²) in [6.45, 7) is 3.28. The van der Waals surface area contributed by atoms with Crippen LogP contribution < -0.4 is 16.0 Å². The van der Waals surface area contributed by atoms with E-state index >= 15 is 0 Å². The van der Waals surface area contributed by atoms with Gasteiger partial charge < -0.3 is 20.7 Å². The Morgan fingerprint density at radius 2 is 2.21 bits per heavy atom. The molecule has 0 unspecified atom stereocenters. The molecule has 0 radical (unpaired) electrons. The third-order valence-corrected chi connectivity index (χ3v) is 4.28. The average Bonchev–Trinajstić information content (AvgIpc) is 3.02. The van der Waals surface area contributed by atoms with Crippen LogP contribution in [0.25, 0.3) is 0 Å². The van der Waals surface area contributed by atoms with E-state index in [1.807, 2.05) is 6.07 Å². The van der Waals surface area contributed by atoms with Gasteiger partial charge in [0.1, 0.15) is 11.9 Å². The number of urea groups is 1. The molecule has 3 amide bonds. The number of morpholine rings is 1. The predicted octanol–water partition coefficient (Wildman–Crippen LogP) is -0.00340. The molecule has 1 aromatic carbocycles. The summed E-state index contributed by atoms with van der Waals surface area (Å²) in [5, 5.41) is 7.97. The third kappa shape index (κ3) is 4.01. The second kappa shape index (κ2) is 7.59. The van der Waals surface area contributed by atoms with Crippen molar-refractivity contribution in [2.45, 2.75) is 12.1 Å². The molecule has 2 aliphatic rings. The normalized spacial score (nSPS) is 22.5. The van der Waals surface area contributed by atoms with E-state index in [2.05, 4.69) is 20.9 Å². The van der Waals surface area contributed by atoms with Crippen LogP contribution in [-0.4, -0.2) is 62.3 Å². The molecule has 1 aromatic rings. The van der Waals surface area contributed by atoms with Crippen molar-refractivity contribution in [1.29, 1.82) is 0 Å². The van der Waals surface area contributed by atoms with Crippen LogP contribution in [0.3, 0.4) is 0 Å². The van der Waals surface area contributed by atoms with E-state index in [4.69, 9.17) is 4.74 Å². The van der Waals surface area contributed by atoms with Gasteiger partial charge in [0.2, 0.25) is 5.91 Å². The van der Waals surface area contributed by atoms with Crippen molar-refractivity contribution in [3.8, 4) is 0 Å². The first kappa shape index (κ1) is 16.7. The molecule has 0 spiro atoms. The highest BCUT2D eigenvalue weighted by Gasteiger charge is 2.28. The standard InChI is InChI=1S/C16H21FN4O3/c17-12-3-1-2-11(8-12)14(21-4-6-24-7-5-21)10-18-15(22)13-9-19-16(23)20-13/h1-3,8,13-14H,4-7,9-10H2,(H,18,22)(H2,19,20,23)/t13-,14-/m1/s1. The van der Waals surface area contributed by atoms with E-state index in [0.717, 1.165) is 18.7 Å². The van der Waals surface area contributed by atoms with Gasteiger partial charge in [-0.15, -0.1) is 0 Å². The van der Waals surface area contributed by atoms with Gasteiger partial charge in [0, 0.05) is 26.2 Å². The summed E-state index contributed by atoms with van der Waals surface area (Å²) in [6.07, 6.45) is 0. The van der Waals surface area contributed by atoms with Crippen LogP contribution >= 0.6 is 0 Å². The summed E-state index contributed by atoms with van der Waals surface area (Å²) in [6, 6.07) is 5.36. The maximum absolute atomic E-state index is 13.6. The molecule has 0 aliphatic carbocycles. The summed E-state index contributed by atoms with van der Waals surface area (Å²) in [5.41, 5.74) is 0.811. The van der Waals surface area contributed by atoms with Gasteiger partial charge in [0.05, 0.1) is 19.3 Å². The molecule has 3 rings (SSSR count). The molecule has 0 aromatic heterocycles. The number of carbonyl (C=O) groups is 2. The summed E-state index contributed by atoms with van der Waals surface area (Å²) < 4.78 is 19.0. The van der Waals surface area contributed by atoms with E-state index < -0.39 is 6.04 Å². The van der Waals surface area contributed by atoms with E-state index in [0.29, 0.717) is 19.8 Å². The Hall–Kier alpha value is -2.19. The van der Waals surface area contributed by atoms with E-state index in [-0.39, 0.29) is 30.3 Å². The Morgan fingerprint density at radius 3 is 2.88 bits per heavy atom. The van der Waals surface area contributed by atoms with Crippen LogP contribution in [0.5, 0.6) is 0 Å². The minimum atomic E-state index is -0.574. The minimum Gasteiger partial charge on any atom is -0.379 e. The highest BCUT2D eigenvalue weighted by molar-refractivity contribution is 5.90. The van der Waals surface area contributed by atoms with Crippen molar-refractivity contribution in [1.82, 2.24) is 20.9 Å². The zero-order valence-corrected chi connectivity index (χ0v) is 13.3. The fraction of sp³-hybridized carbons (Fsp3) is 0.500. The van der Waals surface area contributed by atoms with Gasteiger partial charge in [0.15, 0.2) is 0 Å². The second-order valence-corrected chi connectivity index (χ2v) is 5.87. The van der Waals surface area contributed by atoms with Crippen molar-refractivity contribution < 1.29 is 18.7 Å². The highest BCUT2D eigenvalue weighted by atomic mass is 19.1. The molecule has 8 heteroatoms. The fourth-order valence-electron chi connectivity index (χ4n) is 2.99. The number of rotatable bonds is 5. The first-order chi connectivity index (χ1) is 11.6. The zero-order chi connectivity index (χ0) is 16.9. The van der Waals surface area contributed by atoms with Crippen LogP contribution in [0.2, 0.25) is 0 Å². The van der Waals surface area contributed by atoms with Crippen molar-refractivity contribution in [2.75, 3.05) is 39.4 Å². The molecule has 2 aliphatic heterocycles. The van der Waals surface area contributed by atoms with Gasteiger partial charge >= 0.3 is 6.03 Å². The average molecular weight is 336 g/mol. The number of amides is 3. The molecule has 2 fully saturated rings. The molecular weight excluding hydrogens is 315 g/mol. The van der Waals surface area contributed by atoms with Gasteiger partial charge in [-0.3, -0.25) is 9.69 Å². The van der Waals surface area contributed by atoms with Crippen LogP contribution in [0.15, 0.2) is 24.3 Å². The Morgan fingerprint density at radius 1 is 1.42 bits per heavy atom. The van der Waals surface area contributed by atoms with E-state index in [9.17, 15) is 14.0 Å². The van der Waals surface area contributed by atoms with Crippen LogP contribution in [-0.2, 0) is 9.53 Å². The lowest BCUT2D eigenvalue weighted by atomic mass is 10.0. The number of hydrogen-bond donors (Lipinski definition) is 3. The van der Waals surface area contributed by atoms with Crippen LogP contribution in [0.4, 0.5) is 9.18 Å². The molecule has 24 heavy (non-hydrogen) atoms. The summed E-state index contributed by atoms with van der Waals surface area (Å²) in [4.78, 5) is 25.5. The van der Waals surface area contributed by atoms with Gasteiger partial charge in [-0.25, -0.2) is 9.18 Å². The van der Waals surface area contributed by atoms with Gasteiger partial charge in [-0.1, -0.05) is 12.1 Å². The monoisotopic (exact) mass is 336 g/mol. The number of nitrogens with one attached hydrogen (secondary N) is 3. The highest BCUT2D eigenvalue weighted by Crippen LogP contribution is 2.22. The molecular formula is C16H21FN4O3. The number of halogens is 1. The quantitative estimate of drug-likeness (QED) is 0.707. The topological polar surface area (TPSA) is 82.7 Å². The lowest BCUT2D eigenvalue weighted by Gasteiger charge is -2.35. The zero-order valence-electron chi connectivity index (χ0n) is 13.3. The van der Waals surface area contributed by atoms with Crippen molar-refractivity contribution in [3.05, 3.63) is 35.6 Å². The molecule has 2 saturated heterocycles. The molecule has 0 saturated carbocycles. The number of hydrogen-bond acceptors (Lipinski definition) is 4. The van der Waals surface area contributed by atoms with Gasteiger partial charge in [0.25, 0.3) is 0 Å². The number of nitrogens with zero attached hydrogens (tertiary/aromatic N) is 1. The molecule has 0 bridgehead atoms. The summed E-state index contributed by atoms with van der Waals surface area (Å²) in [7, 11) is 0. The maximum Gasteiger partial charge on any atom is 0.315 e. The molecule has 3 N–H and O–H groups in total. The Bertz CT molecular complexity index is 607. The number of ether oxygens (including phenoxy) is 1. The lowest BCUT2D eigenvalue weighted by molar-refractivity contribution is -0.122. The Kier molecular flexibility index (Phi) is 5.27. The first-order valence-electron chi connectivity index (χ1n) is 8.03. The minimum absolute atomic E-state index is 0.140. The van der Waals surface area contributed by atoms with Crippen molar-refractivity contribution >= 4 is 11.9 Å². The largest absolute Gasteiger partial charge is 0.379 e. The second-order valence-electron chi connectivity index (χ2n) is 5.87. The van der Waals surface area contributed by atoms with Gasteiger partial charge in [-0.2, -0.15) is 0 Å². The molecule has 2 atom stereocenters. The summed E-state index contributed by atoms with van der Waals surface area (Å²) >= 11 is 0. The Balaban J connectivity index is 1.67. The first-order valence-corrected chi connectivity index (χ1v) is 8.03. The number of benzene rings is 1. The van der Waals surface area contributed by atoms with Crippen molar-refractivity contribution in [2.24, 2.45) is 0 Å². The third-order valence-electron chi connectivity index (χ3n) is 4.28. The van der Waals surface area contributed by atoms with Gasteiger partial charge in [-0.05, 0) is 17.7 Å². The Labute approximate surface area is 139 Å².